The Hall–Kier alpha value is 0.595. The molecule has 0 bridgehead atoms. The molecule has 7 nitrogen and oxygen atoms in total. The predicted octanol–water partition coefficient (Wildman–Crippen LogP) is -9.24. The Morgan fingerprint density at radius 3 is 1.50 bits per heavy atom. The van der Waals surface area contributed by atoms with Gasteiger partial charge in [0.25, 0.3) is 6.29 Å². The van der Waals surface area contributed by atoms with Crippen molar-refractivity contribution in [3.8, 4) is 0 Å². The van der Waals surface area contributed by atoms with Gasteiger partial charge in [-0.3, -0.25) is 9.59 Å². The summed E-state index contributed by atoms with van der Waals surface area (Å²) in [4.78, 5) is 31.5. The fourth-order valence-corrected chi connectivity index (χ4v) is 0.553. The molecule has 0 fully saturated rings. The van der Waals surface area contributed by atoms with Crippen LogP contribution < -0.4 is 69.2 Å². The Kier molecular flexibility index (Phi) is 14.6. The van der Waals surface area contributed by atoms with Crippen LogP contribution in [-0.4, -0.2) is 31.0 Å². The van der Waals surface area contributed by atoms with E-state index in [1.165, 1.54) is 0 Å². The first-order valence-electron chi connectivity index (χ1n) is 3.54. The molecule has 0 aliphatic carbocycles. The molecule has 0 aromatic heterocycles. The first-order valence-corrected chi connectivity index (χ1v) is 3.54. The zero-order valence-corrected chi connectivity index (χ0v) is 13.5. The summed E-state index contributed by atoms with van der Waals surface area (Å²) in [5.74, 6) is -1.88. The number of hydrogen-bond donors (Lipinski definition) is 0. The Balaban J connectivity index is -0.000000845. The summed E-state index contributed by atoms with van der Waals surface area (Å²) in [6, 6.07) is 0. The van der Waals surface area contributed by atoms with Gasteiger partial charge in [-0.05, 0) is 7.12 Å². The van der Waals surface area contributed by atoms with E-state index in [9.17, 15) is 24.4 Å². The van der Waals surface area contributed by atoms with Gasteiger partial charge in [0.15, 0.2) is 0 Å². The molecule has 0 rings (SSSR count). The summed E-state index contributed by atoms with van der Waals surface area (Å²) in [7, 11) is -2.86. The van der Waals surface area contributed by atoms with Crippen LogP contribution in [0, 0.1) is 0 Å². The maximum absolute atomic E-state index is 10.7. The molecule has 0 aromatic rings. The van der Waals surface area contributed by atoms with Crippen molar-refractivity contribution in [2.75, 3.05) is 0 Å². The van der Waals surface area contributed by atoms with Crippen LogP contribution in [0.15, 0.2) is 0 Å². The van der Waals surface area contributed by atoms with Crippen LogP contribution >= 0.6 is 0 Å². The second-order valence-electron chi connectivity index (χ2n) is 2.29. The van der Waals surface area contributed by atoms with E-state index in [0.29, 0.717) is 0 Å². The Morgan fingerprint density at radius 2 is 1.31 bits per heavy atom. The van der Waals surface area contributed by atoms with Crippen molar-refractivity contribution in [2.24, 2.45) is 0 Å². The summed E-state index contributed by atoms with van der Waals surface area (Å²) >= 11 is 0. The van der Waals surface area contributed by atoms with E-state index in [0.717, 1.165) is 13.8 Å². The fraction of sp³-hybridized carbons (Fsp3) is 0.500. The molecule has 0 heterocycles. The van der Waals surface area contributed by atoms with Gasteiger partial charge in [0.1, 0.15) is 5.68 Å². The normalized spacial score (nSPS) is 8.31. The SMILES string of the molecule is CC(=O)OC(OC(C)=O)C(=O)B([O-])[O-].[Na+].[Na+]. The molecule has 0 aliphatic heterocycles. The summed E-state index contributed by atoms with van der Waals surface area (Å²) in [6.07, 6.45) is -2.04. The van der Waals surface area contributed by atoms with Gasteiger partial charge in [-0.2, -0.15) is 0 Å². The van der Waals surface area contributed by atoms with Crippen LogP contribution in [0.5, 0.6) is 0 Å². The number of hydrogen-bond acceptors (Lipinski definition) is 7. The summed E-state index contributed by atoms with van der Waals surface area (Å²) in [5.41, 5.74) is -1.55. The standard InChI is InChI=1S/C6H7BO7.2Na/c1-3(8)13-6(14-4(2)9)5(10)7(11)12;;/h6H,1-2H3;;/q-2;2*+1. The van der Waals surface area contributed by atoms with Gasteiger partial charge in [-0.1, -0.05) is 0 Å². The van der Waals surface area contributed by atoms with E-state index in [-0.39, 0.29) is 59.1 Å². The molecule has 0 aliphatic rings. The van der Waals surface area contributed by atoms with Gasteiger partial charge >= 0.3 is 71.1 Å². The third kappa shape index (κ3) is 9.80. The molecular formula is C6H7BNa2O7. The van der Waals surface area contributed by atoms with Crippen molar-refractivity contribution in [1.29, 1.82) is 0 Å². The van der Waals surface area contributed by atoms with Gasteiger partial charge in [0.2, 0.25) is 0 Å². The molecule has 0 atom stereocenters. The van der Waals surface area contributed by atoms with Crippen molar-refractivity contribution in [3.63, 3.8) is 0 Å². The van der Waals surface area contributed by atoms with Gasteiger partial charge in [0.05, 0.1) is 0 Å². The van der Waals surface area contributed by atoms with Crippen LogP contribution in [0.25, 0.3) is 0 Å². The fourth-order valence-electron chi connectivity index (χ4n) is 0.553. The van der Waals surface area contributed by atoms with E-state index >= 15 is 0 Å². The largest absolute Gasteiger partial charge is 1.00 e. The van der Waals surface area contributed by atoms with Gasteiger partial charge in [0, 0.05) is 13.8 Å². The predicted molar refractivity (Wildman–Crippen MR) is 38.1 cm³/mol. The molecule has 16 heavy (non-hydrogen) atoms. The summed E-state index contributed by atoms with van der Waals surface area (Å²) in [6.45, 7) is 1.88. The minimum Gasteiger partial charge on any atom is -0.887 e. The van der Waals surface area contributed by atoms with Crippen LogP contribution in [0.1, 0.15) is 13.8 Å². The average Bonchev–Trinajstić information content (AvgIpc) is 1.99. The van der Waals surface area contributed by atoms with Crippen LogP contribution in [0.3, 0.4) is 0 Å². The van der Waals surface area contributed by atoms with Gasteiger partial charge in [-0.15, -0.1) is 0 Å². The van der Waals surface area contributed by atoms with E-state index < -0.39 is 31.0 Å². The third-order valence-electron chi connectivity index (χ3n) is 1.01. The Morgan fingerprint density at radius 1 is 1.00 bits per heavy atom. The molecule has 0 amide bonds. The number of esters is 2. The molecule has 78 valence electrons. The molecule has 0 saturated heterocycles. The zero-order chi connectivity index (χ0) is 11.3. The second kappa shape index (κ2) is 10.7. The maximum atomic E-state index is 10.7. The molecule has 0 aromatic carbocycles. The first kappa shape index (κ1) is 21.8. The molecule has 10 heteroatoms. The first-order chi connectivity index (χ1) is 6.34. The molecule has 0 unspecified atom stereocenters. The Bertz CT molecular complexity index is 241. The van der Waals surface area contributed by atoms with Crippen molar-refractivity contribution in [1.82, 2.24) is 0 Å². The Labute approximate surface area is 137 Å². The smallest absolute Gasteiger partial charge is 0.887 e. The molecule has 0 N–H and O–H groups in total. The monoisotopic (exact) mass is 248 g/mol. The van der Waals surface area contributed by atoms with Crippen molar-refractivity contribution in [2.45, 2.75) is 20.1 Å². The topological polar surface area (TPSA) is 116 Å². The van der Waals surface area contributed by atoms with Gasteiger partial charge in [-0.25, -0.2) is 0 Å². The summed E-state index contributed by atoms with van der Waals surface area (Å²) in [5, 5.41) is 20.3. The molecule has 0 saturated carbocycles. The number of carbonyl (C=O) groups is 3. The minimum atomic E-state index is -2.86. The third-order valence-corrected chi connectivity index (χ3v) is 1.01. The average molecular weight is 248 g/mol. The maximum Gasteiger partial charge on any atom is 1.00 e. The van der Waals surface area contributed by atoms with E-state index in [2.05, 4.69) is 9.47 Å². The summed E-state index contributed by atoms with van der Waals surface area (Å²) < 4.78 is 8.31. The minimum absolute atomic E-state index is 0. The van der Waals surface area contributed by atoms with E-state index in [1.54, 1.807) is 0 Å². The molecular weight excluding hydrogens is 241 g/mol. The van der Waals surface area contributed by atoms with Crippen LogP contribution in [0.2, 0.25) is 0 Å². The second-order valence-corrected chi connectivity index (χ2v) is 2.29. The van der Waals surface area contributed by atoms with Crippen LogP contribution in [0.4, 0.5) is 0 Å². The number of rotatable bonds is 4. The van der Waals surface area contributed by atoms with E-state index in [1.807, 2.05) is 0 Å². The van der Waals surface area contributed by atoms with E-state index in [4.69, 9.17) is 0 Å². The van der Waals surface area contributed by atoms with Crippen LogP contribution in [-0.2, 0) is 23.9 Å². The molecule has 0 spiro atoms. The quantitative estimate of drug-likeness (QED) is 0.275. The van der Waals surface area contributed by atoms with Crippen molar-refractivity contribution < 1.29 is 93.0 Å². The zero-order valence-electron chi connectivity index (χ0n) is 9.51. The van der Waals surface area contributed by atoms with Crippen molar-refractivity contribution >= 4 is 24.7 Å². The number of carbonyl (C=O) groups excluding carboxylic acids is 3. The van der Waals surface area contributed by atoms with Crippen molar-refractivity contribution in [3.05, 3.63) is 0 Å². The van der Waals surface area contributed by atoms with Gasteiger partial charge < -0.3 is 24.3 Å². The number of ether oxygens (including phenoxy) is 2. The molecule has 0 radical (unpaired) electrons.